The van der Waals surface area contributed by atoms with E-state index in [0.29, 0.717) is 5.82 Å². The van der Waals surface area contributed by atoms with Crippen molar-refractivity contribution in [2.45, 2.75) is 38.3 Å². The largest absolute Gasteiger partial charge is 0.113 e. The Morgan fingerprint density at radius 1 is 1.71 bits per heavy atom. The Balaban J connectivity index is 2.28. The Labute approximate surface area is 48.0 Å². The van der Waals surface area contributed by atoms with Gasteiger partial charge in [0.15, 0.2) is 0 Å². The topological polar surface area (TPSA) is 0 Å². The van der Waals surface area contributed by atoms with Gasteiger partial charge < -0.3 is 0 Å². The second-order valence-electron chi connectivity index (χ2n) is 2.26. The maximum absolute atomic E-state index is 7.45. The third kappa shape index (κ3) is 1.54. The minimum atomic E-state index is 0.198. The molecule has 0 saturated carbocycles. The van der Waals surface area contributed by atoms with Crippen molar-refractivity contribution < 1.29 is 1.37 Å². The summed E-state index contributed by atoms with van der Waals surface area (Å²) < 4.78 is 7.45. The van der Waals surface area contributed by atoms with Crippen LogP contribution in [-0.2, 0) is 0 Å². The van der Waals surface area contributed by atoms with Gasteiger partial charge in [-0.05, 0) is 0 Å². The lowest BCUT2D eigenvalue weighted by Crippen LogP contribution is -2.04. The summed E-state index contributed by atoms with van der Waals surface area (Å²) in [6.07, 6.45) is 3.77. The van der Waals surface area contributed by atoms with Crippen molar-refractivity contribution in [1.29, 1.82) is 0 Å². The van der Waals surface area contributed by atoms with E-state index in [1.165, 1.54) is 12.7 Å². The maximum atomic E-state index is 7.45. The number of rotatable bonds is 0. The molecule has 1 aliphatic heterocycles. The van der Waals surface area contributed by atoms with Gasteiger partial charge >= 0.3 is 0 Å². The predicted molar refractivity (Wildman–Crippen MR) is 33.8 cm³/mol. The molecule has 0 amide bonds. The summed E-state index contributed by atoms with van der Waals surface area (Å²) in [5.74, 6) is 0.545. The highest BCUT2D eigenvalue weighted by molar-refractivity contribution is 6.37. The van der Waals surface area contributed by atoms with Crippen LogP contribution in [0, 0.1) is 0 Å². The van der Waals surface area contributed by atoms with Crippen LogP contribution in [0.15, 0.2) is 0 Å². The minimum absolute atomic E-state index is 0.198. The van der Waals surface area contributed by atoms with E-state index >= 15 is 0 Å². The molecular formula is C6H12B. The summed E-state index contributed by atoms with van der Waals surface area (Å²) in [7, 11) is 2.27. The van der Waals surface area contributed by atoms with E-state index in [1.807, 2.05) is 0 Å². The van der Waals surface area contributed by atoms with E-state index in [9.17, 15) is 0 Å². The van der Waals surface area contributed by atoms with E-state index in [0.717, 1.165) is 6.42 Å². The highest BCUT2D eigenvalue weighted by Gasteiger charge is 2.07. The Morgan fingerprint density at radius 3 is 3.00 bits per heavy atom. The first-order chi connectivity index (χ1) is 3.80. The van der Waals surface area contributed by atoms with Gasteiger partial charge in [-0.1, -0.05) is 38.3 Å². The van der Waals surface area contributed by atoms with Crippen molar-refractivity contribution in [3.8, 4) is 0 Å². The van der Waals surface area contributed by atoms with Gasteiger partial charge in [0.05, 0.1) is 0 Å². The van der Waals surface area contributed by atoms with E-state index in [4.69, 9.17) is 1.37 Å². The molecule has 39 valence electrons. The zero-order chi connectivity index (χ0) is 5.98. The van der Waals surface area contributed by atoms with Crippen LogP contribution in [0.25, 0.3) is 0 Å². The molecule has 0 aromatic rings. The van der Waals surface area contributed by atoms with E-state index in [2.05, 4.69) is 14.2 Å². The SMILES string of the molecule is [3H]C1CCC[B]C1C. The smallest absolute Gasteiger partial charge is 0.0800 e. The zero-order valence-corrected chi connectivity index (χ0v) is 4.85. The highest BCUT2D eigenvalue weighted by Crippen LogP contribution is 2.20. The van der Waals surface area contributed by atoms with Crippen molar-refractivity contribution in [1.82, 2.24) is 0 Å². The Morgan fingerprint density at radius 2 is 2.57 bits per heavy atom. The Bertz CT molecular complexity index is 64.9. The van der Waals surface area contributed by atoms with Crippen molar-refractivity contribution in [3.05, 3.63) is 0 Å². The molecule has 1 radical (unpaired) electrons. The van der Waals surface area contributed by atoms with Gasteiger partial charge in [0.1, 0.15) is 7.28 Å². The molecule has 1 fully saturated rings. The number of hydrogen-bond acceptors (Lipinski definition) is 0. The van der Waals surface area contributed by atoms with Crippen LogP contribution in [-0.4, -0.2) is 7.28 Å². The monoisotopic (exact) mass is 97.1 g/mol. The minimum Gasteiger partial charge on any atom is -0.0800 e. The van der Waals surface area contributed by atoms with Gasteiger partial charge in [0.25, 0.3) is 0 Å². The Kier molecular flexibility index (Phi) is 1.37. The second kappa shape index (κ2) is 2.39. The summed E-state index contributed by atoms with van der Waals surface area (Å²) >= 11 is 0. The molecule has 0 N–H and O–H groups in total. The van der Waals surface area contributed by atoms with Crippen LogP contribution in [0.1, 0.15) is 27.5 Å². The summed E-state index contributed by atoms with van der Waals surface area (Å²) in [5, 5.41) is 0. The fourth-order valence-electron chi connectivity index (χ4n) is 0.976. The Hall–Kier alpha value is 0.0649. The standard InChI is InChI=1S/C6H12B/c1-6-4-2-3-5-7-6/h6H,2-5H2,1H3/i4T. The zero-order valence-electron chi connectivity index (χ0n) is 5.85. The third-order valence-corrected chi connectivity index (χ3v) is 1.49. The third-order valence-electron chi connectivity index (χ3n) is 1.49. The average molecular weight is 97.0 g/mol. The molecule has 1 aliphatic rings. The normalized spacial score (nSPS) is 44.4. The van der Waals surface area contributed by atoms with E-state index in [-0.39, 0.29) is 6.40 Å². The molecule has 0 aliphatic carbocycles. The maximum Gasteiger partial charge on any atom is 0.113 e. The molecule has 0 spiro atoms. The molecule has 1 rings (SSSR count). The highest BCUT2D eigenvalue weighted by atomic mass is 14.0. The van der Waals surface area contributed by atoms with Crippen molar-refractivity contribution in [2.75, 3.05) is 0 Å². The van der Waals surface area contributed by atoms with Crippen LogP contribution in [0.5, 0.6) is 0 Å². The summed E-state index contributed by atoms with van der Waals surface area (Å²) in [4.78, 5) is 0. The lowest BCUT2D eigenvalue weighted by atomic mass is 9.57. The fourth-order valence-corrected chi connectivity index (χ4v) is 0.976. The van der Waals surface area contributed by atoms with Gasteiger partial charge in [-0.3, -0.25) is 0 Å². The summed E-state index contributed by atoms with van der Waals surface area (Å²) in [6, 6.07) is 0. The molecule has 0 aromatic carbocycles. The first-order valence-corrected chi connectivity index (χ1v) is 3.06. The first kappa shape index (κ1) is 4.00. The summed E-state index contributed by atoms with van der Waals surface area (Å²) in [5.41, 5.74) is 0. The average Bonchev–Trinajstić information content (AvgIpc) is 1.77. The van der Waals surface area contributed by atoms with Gasteiger partial charge in [0.2, 0.25) is 0 Å². The van der Waals surface area contributed by atoms with Gasteiger partial charge in [-0.2, -0.15) is 0 Å². The van der Waals surface area contributed by atoms with Gasteiger partial charge in [-0.25, -0.2) is 0 Å². The quantitative estimate of drug-likeness (QED) is 0.406. The second-order valence-corrected chi connectivity index (χ2v) is 2.26. The lowest BCUT2D eigenvalue weighted by molar-refractivity contribution is 0.658. The molecule has 1 heterocycles. The van der Waals surface area contributed by atoms with E-state index in [1.54, 1.807) is 0 Å². The molecule has 1 saturated heterocycles. The van der Waals surface area contributed by atoms with Crippen LogP contribution in [0.3, 0.4) is 0 Å². The number of hydrogen-bond donors (Lipinski definition) is 0. The molecule has 0 aromatic heterocycles. The fraction of sp³-hybridized carbons (Fsp3) is 1.00. The van der Waals surface area contributed by atoms with Gasteiger partial charge in [0, 0.05) is 1.37 Å². The molecule has 7 heavy (non-hydrogen) atoms. The van der Waals surface area contributed by atoms with Crippen molar-refractivity contribution >= 4 is 7.28 Å². The summed E-state index contributed by atoms with van der Waals surface area (Å²) in [6.45, 7) is 2.14. The predicted octanol–water partition coefficient (Wildman–Crippen LogP) is 2.10. The van der Waals surface area contributed by atoms with Crippen LogP contribution in [0.4, 0.5) is 0 Å². The van der Waals surface area contributed by atoms with E-state index < -0.39 is 0 Å². The molecular weight excluding hydrogens is 82.9 g/mol. The molecule has 2 unspecified atom stereocenters. The molecule has 2 atom stereocenters. The van der Waals surface area contributed by atoms with Gasteiger partial charge in [-0.15, -0.1) is 0 Å². The first-order valence-electron chi connectivity index (χ1n) is 3.64. The molecule has 1 heteroatoms. The van der Waals surface area contributed by atoms with Crippen LogP contribution >= 0.6 is 0 Å². The van der Waals surface area contributed by atoms with Crippen molar-refractivity contribution in [3.63, 3.8) is 0 Å². The van der Waals surface area contributed by atoms with Crippen molar-refractivity contribution in [2.24, 2.45) is 0 Å². The van der Waals surface area contributed by atoms with Crippen LogP contribution in [0.2, 0.25) is 12.1 Å². The van der Waals surface area contributed by atoms with Crippen LogP contribution < -0.4 is 0 Å². The molecule has 0 bridgehead atoms. The molecule has 0 nitrogen and oxygen atoms in total. The lowest BCUT2D eigenvalue weighted by Gasteiger charge is -2.14.